The van der Waals surface area contributed by atoms with Crippen LogP contribution in [0, 0.1) is 11.3 Å². The zero-order valence-electron chi connectivity index (χ0n) is 9.28. The second-order valence-electron chi connectivity index (χ2n) is 3.91. The summed E-state index contributed by atoms with van der Waals surface area (Å²) in [6.45, 7) is 0.217. The number of ether oxygens (including phenoxy) is 2. The van der Waals surface area contributed by atoms with Crippen LogP contribution < -0.4 is 0 Å². The minimum absolute atomic E-state index is 0.162. The fourth-order valence-electron chi connectivity index (χ4n) is 1.69. The van der Waals surface area contributed by atoms with E-state index in [4.69, 9.17) is 14.7 Å². The highest BCUT2D eigenvalue weighted by atomic mass is 19.4. The molecule has 0 N–H and O–H groups in total. The summed E-state index contributed by atoms with van der Waals surface area (Å²) in [5.74, 6) is 0. The van der Waals surface area contributed by atoms with Gasteiger partial charge in [-0.25, -0.2) is 0 Å². The second-order valence-corrected chi connectivity index (χ2v) is 3.91. The van der Waals surface area contributed by atoms with Crippen molar-refractivity contribution in [2.75, 3.05) is 6.61 Å². The molecule has 96 valence electrons. The van der Waals surface area contributed by atoms with Crippen molar-refractivity contribution in [3.63, 3.8) is 0 Å². The van der Waals surface area contributed by atoms with E-state index in [1.54, 1.807) is 0 Å². The number of nitrogens with zero attached hydrogens (tertiary/aromatic N) is 1. The number of nitriles is 1. The molecule has 1 fully saturated rings. The van der Waals surface area contributed by atoms with E-state index in [2.05, 4.69) is 0 Å². The van der Waals surface area contributed by atoms with Crippen molar-refractivity contribution < 1.29 is 22.6 Å². The Labute approximate surface area is 102 Å². The second kappa shape index (κ2) is 4.96. The van der Waals surface area contributed by atoms with Gasteiger partial charge in [0.2, 0.25) is 0 Å². The van der Waals surface area contributed by atoms with Crippen LogP contribution in [0.5, 0.6) is 0 Å². The summed E-state index contributed by atoms with van der Waals surface area (Å²) in [5, 5.41) is 8.50. The molecule has 2 rings (SSSR count). The first kappa shape index (κ1) is 12.9. The van der Waals surface area contributed by atoms with Gasteiger partial charge in [0.25, 0.3) is 0 Å². The third-order valence-electron chi connectivity index (χ3n) is 2.55. The molecule has 2 atom stereocenters. The van der Waals surface area contributed by atoms with Gasteiger partial charge in [-0.3, -0.25) is 0 Å². The molecule has 1 heterocycles. The first-order chi connectivity index (χ1) is 8.50. The highest BCUT2D eigenvalue weighted by Gasteiger charge is 2.33. The molecule has 0 aromatic heterocycles. The van der Waals surface area contributed by atoms with Gasteiger partial charge in [0.05, 0.1) is 30.8 Å². The summed E-state index contributed by atoms with van der Waals surface area (Å²) in [4.78, 5) is 0. The Hall–Kier alpha value is -1.58. The van der Waals surface area contributed by atoms with E-state index in [0.29, 0.717) is 5.56 Å². The molecule has 0 aliphatic carbocycles. The molecular formula is C12H10F3NO2. The van der Waals surface area contributed by atoms with Crippen LogP contribution in [0.3, 0.4) is 0 Å². The molecule has 3 nitrogen and oxygen atoms in total. The summed E-state index contributed by atoms with van der Waals surface area (Å²) in [5.41, 5.74) is -0.429. The lowest BCUT2D eigenvalue weighted by Gasteiger charge is -2.13. The van der Waals surface area contributed by atoms with Gasteiger partial charge in [0, 0.05) is 5.56 Å². The van der Waals surface area contributed by atoms with Gasteiger partial charge in [0.1, 0.15) is 0 Å². The molecule has 1 aliphatic heterocycles. The topological polar surface area (TPSA) is 42.2 Å². The van der Waals surface area contributed by atoms with Crippen LogP contribution in [-0.4, -0.2) is 12.7 Å². The summed E-state index contributed by atoms with van der Waals surface area (Å²) < 4.78 is 48.2. The van der Waals surface area contributed by atoms with Gasteiger partial charge in [-0.05, 0) is 12.1 Å². The predicted octanol–water partition coefficient (Wildman–Crippen LogP) is 3.03. The smallest absolute Gasteiger partial charge is 0.346 e. The molecule has 2 unspecified atom stereocenters. The van der Waals surface area contributed by atoms with E-state index in [-0.39, 0.29) is 19.1 Å². The highest BCUT2D eigenvalue weighted by molar-refractivity contribution is 5.26. The van der Waals surface area contributed by atoms with Crippen molar-refractivity contribution >= 4 is 0 Å². The molecule has 1 aliphatic rings. The highest BCUT2D eigenvalue weighted by Crippen LogP contribution is 2.33. The number of alkyl halides is 3. The van der Waals surface area contributed by atoms with Crippen LogP contribution in [0.15, 0.2) is 24.3 Å². The fourth-order valence-corrected chi connectivity index (χ4v) is 1.69. The Kier molecular flexibility index (Phi) is 3.55. The normalized spacial score (nSPS) is 23.9. The average Bonchev–Trinajstić information content (AvgIpc) is 2.77. The van der Waals surface area contributed by atoms with Crippen molar-refractivity contribution in [1.82, 2.24) is 0 Å². The number of rotatable bonds is 2. The standard InChI is InChI=1S/C12H10F3NO2/c13-12(14,15)9-3-1-2-8(6-9)11-17-7-10(18-11)4-5-16/h1-3,6,10-11H,4,7H2. The van der Waals surface area contributed by atoms with E-state index in [0.717, 1.165) is 12.1 Å². The van der Waals surface area contributed by atoms with Crippen molar-refractivity contribution in [1.29, 1.82) is 5.26 Å². The fraction of sp³-hybridized carbons (Fsp3) is 0.417. The minimum atomic E-state index is -4.39. The monoisotopic (exact) mass is 257 g/mol. The van der Waals surface area contributed by atoms with Crippen LogP contribution in [0.4, 0.5) is 13.2 Å². The van der Waals surface area contributed by atoms with E-state index < -0.39 is 18.0 Å². The Bertz CT molecular complexity index is 467. The molecule has 18 heavy (non-hydrogen) atoms. The van der Waals surface area contributed by atoms with Crippen molar-refractivity contribution in [3.05, 3.63) is 35.4 Å². The quantitative estimate of drug-likeness (QED) is 0.817. The summed E-state index contributed by atoms with van der Waals surface area (Å²) in [7, 11) is 0. The van der Waals surface area contributed by atoms with Gasteiger partial charge < -0.3 is 9.47 Å². The van der Waals surface area contributed by atoms with E-state index in [1.807, 2.05) is 6.07 Å². The Morgan fingerprint density at radius 2 is 2.17 bits per heavy atom. The molecule has 1 aromatic carbocycles. The Balaban J connectivity index is 2.13. The molecule has 1 saturated heterocycles. The van der Waals surface area contributed by atoms with Crippen LogP contribution >= 0.6 is 0 Å². The molecule has 0 radical (unpaired) electrons. The maximum Gasteiger partial charge on any atom is 0.416 e. The summed E-state index contributed by atoms with van der Waals surface area (Å²) >= 11 is 0. The molecule has 0 saturated carbocycles. The van der Waals surface area contributed by atoms with Crippen LogP contribution in [0.1, 0.15) is 23.8 Å². The molecule has 6 heteroatoms. The van der Waals surface area contributed by atoms with Gasteiger partial charge in [-0.1, -0.05) is 12.1 Å². The number of halogens is 3. The van der Waals surface area contributed by atoms with Gasteiger partial charge in [-0.2, -0.15) is 18.4 Å². The lowest BCUT2D eigenvalue weighted by atomic mass is 10.1. The van der Waals surface area contributed by atoms with Crippen molar-refractivity contribution in [2.24, 2.45) is 0 Å². The first-order valence-corrected chi connectivity index (χ1v) is 5.32. The SMILES string of the molecule is N#CCC1COC(c2cccc(C(F)(F)F)c2)O1. The number of hydrogen-bond acceptors (Lipinski definition) is 3. The van der Waals surface area contributed by atoms with Gasteiger partial charge in [-0.15, -0.1) is 0 Å². The largest absolute Gasteiger partial charge is 0.416 e. The lowest BCUT2D eigenvalue weighted by Crippen LogP contribution is -2.09. The third-order valence-corrected chi connectivity index (χ3v) is 2.55. The lowest BCUT2D eigenvalue weighted by molar-refractivity contribution is -0.137. The minimum Gasteiger partial charge on any atom is -0.346 e. The zero-order valence-corrected chi connectivity index (χ0v) is 9.28. The van der Waals surface area contributed by atoms with Crippen molar-refractivity contribution in [3.8, 4) is 6.07 Å². The summed E-state index contributed by atoms with van der Waals surface area (Å²) in [6.07, 6.45) is -5.43. The molecule has 0 bridgehead atoms. The van der Waals surface area contributed by atoms with Crippen LogP contribution in [-0.2, 0) is 15.7 Å². The van der Waals surface area contributed by atoms with E-state index in [1.165, 1.54) is 12.1 Å². The molecular weight excluding hydrogens is 247 g/mol. The van der Waals surface area contributed by atoms with Crippen LogP contribution in [0.2, 0.25) is 0 Å². The predicted molar refractivity (Wildman–Crippen MR) is 55.2 cm³/mol. The zero-order chi connectivity index (χ0) is 13.2. The van der Waals surface area contributed by atoms with E-state index >= 15 is 0 Å². The molecule has 1 aromatic rings. The van der Waals surface area contributed by atoms with Gasteiger partial charge >= 0.3 is 6.18 Å². The van der Waals surface area contributed by atoms with Gasteiger partial charge in [0.15, 0.2) is 6.29 Å². The first-order valence-electron chi connectivity index (χ1n) is 5.32. The molecule has 0 amide bonds. The third kappa shape index (κ3) is 2.81. The maximum absolute atomic E-state index is 12.5. The van der Waals surface area contributed by atoms with E-state index in [9.17, 15) is 13.2 Å². The molecule has 0 spiro atoms. The Morgan fingerprint density at radius 3 is 2.83 bits per heavy atom. The average molecular weight is 257 g/mol. The van der Waals surface area contributed by atoms with Crippen LogP contribution in [0.25, 0.3) is 0 Å². The number of benzene rings is 1. The maximum atomic E-state index is 12.5. The number of hydrogen-bond donors (Lipinski definition) is 0. The van der Waals surface area contributed by atoms with Crippen molar-refractivity contribution in [2.45, 2.75) is 25.0 Å². The Morgan fingerprint density at radius 1 is 1.39 bits per heavy atom. The summed E-state index contributed by atoms with van der Waals surface area (Å²) in [6, 6.07) is 6.74.